The maximum Gasteiger partial charge on any atom is 0.0551 e. The summed E-state index contributed by atoms with van der Waals surface area (Å²) < 4.78 is 0.927. The Labute approximate surface area is 110 Å². The van der Waals surface area contributed by atoms with Gasteiger partial charge in [-0.15, -0.1) is 0 Å². The lowest BCUT2D eigenvalue weighted by Crippen LogP contribution is -2.28. The first-order chi connectivity index (χ1) is 7.70. The molecule has 88 valence electrons. The Balaban J connectivity index is 2.02. The zero-order valence-corrected chi connectivity index (χ0v) is 11.4. The summed E-state index contributed by atoms with van der Waals surface area (Å²) in [6.45, 7) is 0. The van der Waals surface area contributed by atoms with Crippen molar-refractivity contribution in [3.63, 3.8) is 0 Å². The van der Waals surface area contributed by atoms with E-state index in [9.17, 15) is 0 Å². The lowest BCUT2D eigenvalue weighted by molar-refractivity contribution is 0.482. The molecule has 2 rings (SSSR count). The Morgan fingerprint density at radius 2 is 2.25 bits per heavy atom. The van der Waals surface area contributed by atoms with Crippen molar-refractivity contribution in [1.29, 1.82) is 0 Å². The lowest BCUT2D eigenvalue weighted by atomic mass is 10.0. The van der Waals surface area contributed by atoms with Crippen molar-refractivity contribution < 1.29 is 0 Å². The molecule has 2 nitrogen and oxygen atoms in total. The molecule has 0 aliphatic heterocycles. The molecule has 1 aliphatic rings. The third kappa shape index (κ3) is 3.20. The van der Waals surface area contributed by atoms with E-state index in [-0.39, 0.29) is 6.04 Å². The van der Waals surface area contributed by atoms with Crippen LogP contribution in [0.15, 0.2) is 22.7 Å². The molecular formula is C12H16BrClN2. The van der Waals surface area contributed by atoms with Crippen molar-refractivity contribution >= 4 is 27.5 Å². The molecule has 0 spiro atoms. The summed E-state index contributed by atoms with van der Waals surface area (Å²) in [5.41, 5.74) is 4.04. The van der Waals surface area contributed by atoms with E-state index in [4.69, 9.17) is 17.4 Å². The van der Waals surface area contributed by atoms with E-state index in [0.717, 1.165) is 27.4 Å². The summed E-state index contributed by atoms with van der Waals surface area (Å²) in [6, 6.07) is 6.22. The molecule has 1 aromatic rings. The number of hydrogen-bond donors (Lipinski definition) is 2. The number of hydrazine groups is 1. The van der Waals surface area contributed by atoms with Crippen LogP contribution in [0.5, 0.6) is 0 Å². The second kappa shape index (κ2) is 5.50. The topological polar surface area (TPSA) is 38.0 Å². The Morgan fingerprint density at radius 1 is 1.50 bits per heavy atom. The minimum absolute atomic E-state index is 0.214. The average molecular weight is 304 g/mol. The third-order valence-electron chi connectivity index (χ3n) is 3.11. The summed E-state index contributed by atoms with van der Waals surface area (Å²) in [5, 5.41) is 0.740. The number of benzene rings is 1. The van der Waals surface area contributed by atoms with Gasteiger partial charge in [-0.05, 0) is 52.4 Å². The van der Waals surface area contributed by atoms with Crippen LogP contribution in [0.1, 0.15) is 37.3 Å². The highest BCUT2D eigenvalue weighted by atomic mass is 79.9. The van der Waals surface area contributed by atoms with E-state index in [1.54, 1.807) is 0 Å². The fourth-order valence-electron chi connectivity index (χ4n) is 1.88. The largest absolute Gasteiger partial charge is 0.271 e. The van der Waals surface area contributed by atoms with Crippen molar-refractivity contribution in [2.45, 2.75) is 31.7 Å². The molecule has 0 saturated heterocycles. The standard InChI is InChI=1S/C12H16BrClN2/c13-10-5-4-9(7-11(10)14)12(16-15)6-3-8-1-2-8/h4-5,7-8,12,16H,1-3,6,15H2. The van der Waals surface area contributed by atoms with Crippen LogP contribution in [0, 0.1) is 5.92 Å². The summed E-state index contributed by atoms with van der Waals surface area (Å²) in [6.07, 6.45) is 5.11. The molecule has 0 amide bonds. The zero-order chi connectivity index (χ0) is 11.5. The van der Waals surface area contributed by atoms with E-state index in [1.165, 1.54) is 19.3 Å². The predicted octanol–water partition coefficient (Wildman–Crippen LogP) is 3.80. The molecule has 3 N–H and O–H groups in total. The van der Waals surface area contributed by atoms with Crippen LogP contribution in [0.3, 0.4) is 0 Å². The maximum absolute atomic E-state index is 6.07. The summed E-state index contributed by atoms with van der Waals surface area (Å²) in [5.74, 6) is 6.53. The molecule has 1 aliphatic carbocycles. The number of halogens is 2. The van der Waals surface area contributed by atoms with E-state index in [1.807, 2.05) is 12.1 Å². The number of hydrogen-bond acceptors (Lipinski definition) is 2. The smallest absolute Gasteiger partial charge is 0.0551 e. The molecule has 1 unspecified atom stereocenters. The van der Waals surface area contributed by atoms with Gasteiger partial charge >= 0.3 is 0 Å². The zero-order valence-electron chi connectivity index (χ0n) is 9.05. The van der Waals surface area contributed by atoms with Gasteiger partial charge in [-0.1, -0.05) is 30.5 Å². The van der Waals surface area contributed by atoms with Crippen LogP contribution < -0.4 is 11.3 Å². The minimum atomic E-state index is 0.214. The first-order valence-electron chi connectivity index (χ1n) is 5.62. The van der Waals surface area contributed by atoms with Crippen molar-refractivity contribution in [3.05, 3.63) is 33.3 Å². The van der Waals surface area contributed by atoms with Crippen molar-refractivity contribution in [2.75, 3.05) is 0 Å². The molecule has 1 saturated carbocycles. The normalized spacial score (nSPS) is 17.4. The van der Waals surface area contributed by atoms with E-state index in [0.29, 0.717) is 0 Å². The summed E-state index contributed by atoms with van der Waals surface area (Å²) in [7, 11) is 0. The molecular weight excluding hydrogens is 288 g/mol. The molecule has 0 aromatic heterocycles. The van der Waals surface area contributed by atoms with Crippen LogP contribution in [-0.4, -0.2) is 0 Å². The quantitative estimate of drug-likeness (QED) is 0.641. The summed E-state index contributed by atoms with van der Waals surface area (Å²) >= 11 is 9.46. The van der Waals surface area contributed by atoms with Gasteiger partial charge in [-0.3, -0.25) is 11.3 Å². The highest BCUT2D eigenvalue weighted by molar-refractivity contribution is 9.10. The van der Waals surface area contributed by atoms with Crippen LogP contribution in [-0.2, 0) is 0 Å². The van der Waals surface area contributed by atoms with Gasteiger partial charge < -0.3 is 0 Å². The second-order valence-electron chi connectivity index (χ2n) is 4.41. The van der Waals surface area contributed by atoms with Crippen LogP contribution in [0.2, 0.25) is 5.02 Å². The minimum Gasteiger partial charge on any atom is -0.271 e. The number of rotatable bonds is 5. The van der Waals surface area contributed by atoms with E-state index < -0.39 is 0 Å². The van der Waals surface area contributed by atoms with Gasteiger partial charge in [0.2, 0.25) is 0 Å². The second-order valence-corrected chi connectivity index (χ2v) is 5.68. The molecule has 0 heterocycles. The van der Waals surface area contributed by atoms with Gasteiger partial charge in [-0.2, -0.15) is 0 Å². The van der Waals surface area contributed by atoms with Gasteiger partial charge in [0.15, 0.2) is 0 Å². The Bertz CT molecular complexity index is 366. The third-order valence-corrected chi connectivity index (χ3v) is 4.34. The van der Waals surface area contributed by atoms with E-state index in [2.05, 4.69) is 27.4 Å². The highest BCUT2D eigenvalue weighted by Gasteiger charge is 2.22. The number of nitrogens with two attached hydrogens (primary N) is 1. The molecule has 1 fully saturated rings. The molecule has 1 atom stereocenters. The van der Waals surface area contributed by atoms with Crippen molar-refractivity contribution in [2.24, 2.45) is 11.8 Å². The van der Waals surface area contributed by atoms with Crippen LogP contribution >= 0.6 is 27.5 Å². The fraction of sp³-hybridized carbons (Fsp3) is 0.500. The Kier molecular flexibility index (Phi) is 4.25. The number of nitrogens with one attached hydrogen (secondary N) is 1. The maximum atomic E-state index is 6.07. The first kappa shape index (κ1) is 12.4. The fourth-order valence-corrected chi connectivity index (χ4v) is 2.32. The van der Waals surface area contributed by atoms with Gasteiger partial charge in [0, 0.05) is 10.5 Å². The van der Waals surface area contributed by atoms with Crippen molar-refractivity contribution in [3.8, 4) is 0 Å². The van der Waals surface area contributed by atoms with Gasteiger partial charge in [0.05, 0.1) is 5.02 Å². The molecule has 0 bridgehead atoms. The van der Waals surface area contributed by atoms with Crippen LogP contribution in [0.4, 0.5) is 0 Å². The van der Waals surface area contributed by atoms with Gasteiger partial charge in [-0.25, -0.2) is 0 Å². The molecule has 1 aromatic carbocycles. The molecule has 0 radical (unpaired) electrons. The van der Waals surface area contributed by atoms with E-state index >= 15 is 0 Å². The average Bonchev–Trinajstić information content (AvgIpc) is 3.08. The first-order valence-corrected chi connectivity index (χ1v) is 6.79. The van der Waals surface area contributed by atoms with Crippen LogP contribution in [0.25, 0.3) is 0 Å². The van der Waals surface area contributed by atoms with Gasteiger partial charge in [0.25, 0.3) is 0 Å². The van der Waals surface area contributed by atoms with Gasteiger partial charge in [0.1, 0.15) is 0 Å². The Morgan fingerprint density at radius 3 is 2.81 bits per heavy atom. The Hall–Kier alpha value is -0.0900. The monoisotopic (exact) mass is 302 g/mol. The molecule has 4 heteroatoms. The van der Waals surface area contributed by atoms with Crippen molar-refractivity contribution in [1.82, 2.24) is 5.43 Å². The highest BCUT2D eigenvalue weighted by Crippen LogP contribution is 2.36. The summed E-state index contributed by atoms with van der Waals surface area (Å²) in [4.78, 5) is 0. The lowest BCUT2D eigenvalue weighted by Gasteiger charge is -2.16. The molecule has 16 heavy (non-hydrogen) atoms. The SMILES string of the molecule is NNC(CCC1CC1)c1ccc(Br)c(Cl)c1. The predicted molar refractivity (Wildman–Crippen MR) is 71.2 cm³/mol.